The molecule has 1 aliphatic rings. The first-order chi connectivity index (χ1) is 11.5. The molecule has 5 heteroatoms. The highest BCUT2D eigenvalue weighted by atomic mass is 19.1. The van der Waals surface area contributed by atoms with E-state index in [1.54, 1.807) is 12.1 Å². The summed E-state index contributed by atoms with van der Waals surface area (Å²) in [5, 5.41) is 2.96. The molecule has 0 spiro atoms. The lowest BCUT2D eigenvalue weighted by molar-refractivity contribution is -0.126. The maximum Gasteiger partial charge on any atom is 0.227 e. The zero-order valence-electron chi connectivity index (χ0n) is 13.4. The Hall–Kier alpha value is -2.69. The Labute approximate surface area is 140 Å². The first kappa shape index (κ1) is 16.2. The summed E-state index contributed by atoms with van der Waals surface area (Å²) in [7, 11) is 0. The Morgan fingerprint density at radius 2 is 1.83 bits per heavy atom. The van der Waals surface area contributed by atoms with E-state index in [1.165, 1.54) is 17.0 Å². The smallest absolute Gasteiger partial charge is 0.227 e. The van der Waals surface area contributed by atoms with E-state index in [9.17, 15) is 14.0 Å². The van der Waals surface area contributed by atoms with E-state index in [1.807, 2.05) is 37.3 Å². The van der Waals surface area contributed by atoms with E-state index in [4.69, 9.17) is 0 Å². The van der Waals surface area contributed by atoms with Gasteiger partial charge in [-0.3, -0.25) is 9.59 Å². The van der Waals surface area contributed by atoms with Gasteiger partial charge in [0.1, 0.15) is 5.82 Å². The molecule has 2 aromatic carbocycles. The van der Waals surface area contributed by atoms with Crippen LogP contribution in [0.2, 0.25) is 0 Å². The molecule has 4 nitrogen and oxygen atoms in total. The molecule has 0 aliphatic carbocycles. The van der Waals surface area contributed by atoms with Crippen LogP contribution < -0.4 is 10.2 Å². The van der Waals surface area contributed by atoms with Crippen molar-refractivity contribution in [2.75, 3.05) is 11.4 Å². The minimum atomic E-state index is -0.395. The maximum atomic E-state index is 13.0. The van der Waals surface area contributed by atoms with E-state index in [2.05, 4.69) is 5.32 Å². The van der Waals surface area contributed by atoms with Gasteiger partial charge in [0.25, 0.3) is 0 Å². The van der Waals surface area contributed by atoms with Gasteiger partial charge in [-0.05, 0) is 36.8 Å². The van der Waals surface area contributed by atoms with E-state index < -0.39 is 5.92 Å². The second-order valence-corrected chi connectivity index (χ2v) is 6.02. The second-order valence-electron chi connectivity index (χ2n) is 6.02. The zero-order valence-corrected chi connectivity index (χ0v) is 13.4. The highest BCUT2D eigenvalue weighted by Crippen LogP contribution is 2.26. The molecule has 24 heavy (non-hydrogen) atoms. The van der Waals surface area contributed by atoms with Gasteiger partial charge in [0.2, 0.25) is 11.8 Å². The molecular formula is C19H19FN2O2. The molecular weight excluding hydrogens is 307 g/mol. The summed E-state index contributed by atoms with van der Waals surface area (Å²) >= 11 is 0. The Balaban J connectivity index is 1.64. The van der Waals surface area contributed by atoms with Crippen LogP contribution in [0.15, 0.2) is 54.6 Å². The molecule has 0 bridgehead atoms. The van der Waals surface area contributed by atoms with Crippen LogP contribution in [0.25, 0.3) is 0 Å². The fourth-order valence-corrected chi connectivity index (χ4v) is 2.91. The summed E-state index contributed by atoms with van der Waals surface area (Å²) in [6.45, 7) is 2.24. The van der Waals surface area contributed by atoms with E-state index >= 15 is 0 Å². The SMILES string of the molecule is C[C@@H](NC(=O)[C@@H]1CC(=O)N(c2ccc(F)cc2)C1)c1ccccc1. The predicted molar refractivity (Wildman–Crippen MR) is 89.9 cm³/mol. The highest BCUT2D eigenvalue weighted by Gasteiger charge is 2.35. The summed E-state index contributed by atoms with van der Waals surface area (Å²) in [5.41, 5.74) is 1.64. The Bertz CT molecular complexity index is 731. The number of amides is 2. The van der Waals surface area contributed by atoms with Crippen LogP contribution in [0.3, 0.4) is 0 Å². The van der Waals surface area contributed by atoms with Gasteiger partial charge in [-0.25, -0.2) is 4.39 Å². The van der Waals surface area contributed by atoms with Crippen molar-refractivity contribution in [3.05, 3.63) is 66.0 Å². The van der Waals surface area contributed by atoms with Crippen molar-refractivity contribution in [1.29, 1.82) is 0 Å². The Morgan fingerprint density at radius 3 is 2.50 bits per heavy atom. The fraction of sp³-hybridized carbons (Fsp3) is 0.263. The normalized spacial score (nSPS) is 18.5. The number of rotatable bonds is 4. The molecule has 3 rings (SSSR count). The molecule has 2 aromatic rings. The van der Waals surface area contributed by atoms with Crippen LogP contribution in [0.4, 0.5) is 10.1 Å². The summed E-state index contributed by atoms with van der Waals surface area (Å²) in [5.74, 6) is -0.997. The number of hydrogen-bond donors (Lipinski definition) is 1. The number of carbonyl (C=O) groups excluding carboxylic acids is 2. The quantitative estimate of drug-likeness (QED) is 0.939. The van der Waals surface area contributed by atoms with Gasteiger partial charge in [-0.15, -0.1) is 0 Å². The summed E-state index contributed by atoms with van der Waals surface area (Å²) < 4.78 is 13.0. The number of benzene rings is 2. The molecule has 0 radical (unpaired) electrons. The number of hydrogen-bond acceptors (Lipinski definition) is 2. The van der Waals surface area contributed by atoms with Gasteiger partial charge in [-0.2, -0.15) is 0 Å². The largest absolute Gasteiger partial charge is 0.349 e. The number of nitrogens with one attached hydrogen (secondary N) is 1. The van der Waals surface area contributed by atoms with Crippen molar-refractivity contribution in [2.45, 2.75) is 19.4 Å². The lowest BCUT2D eigenvalue weighted by atomic mass is 10.1. The molecule has 1 saturated heterocycles. The maximum absolute atomic E-state index is 13.0. The second kappa shape index (κ2) is 6.83. The molecule has 0 saturated carbocycles. The van der Waals surface area contributed by atoms with Crippen LogP contribution in [0.5, 0.6) is 0 Å². The Kier molecular flexibility index (Phi) is 4.60. The molecule has 1 aliphatic heterocycles. The first-order valence-corrected chi connectivity index (χ1v) is 7.96. The number of halogens is 1. The predicted octanol–water partition coefficient (Wildman–Crippen LogP) is 3.06. The zero-order chi connectivity index (χ0) is 17.1. The van der Waals surface area contributed by atoms with Gasteiger partial charge >= 0.3 is 0 Å². The molecule has 0 aromatic heterocycles. The average molecular weight is 326 g/mol. The summed E-state index contributed by atoms with van der Waals surface area (Å²) in [4.78, 5) is 26.2. The van der Waals surface area contributed by atoms with Gasteiger partial charge < -0.3 is 10.2 Å². The van der Waals surface area contributed by atoms with Crippen molar-refractivity contribution in [3.8, 4) is 0 Å². The fourth-order valence-electron chi connectivity index (χ4n) is 2.91. The molecule has 1 fully saturated rings. The lowest BCUT2D eigenvalue weighted by Gasteiger charge is -2.19. The van der Waals surface area contributed by atoms with Gasteiger partial charge in [-0.1, -0.05) is 30.3 Å². The van der Waals surface area contributed by atoms with E-state index in [0.717, 1.165) is 5.56 Å². The number of carbonyl (C=O) groups is 2. The minimum absolute atomic E-state index is 0.117. The summed E-state index contributed by atoms with van der Waals surface area (Å²) in [6, 6.07) is 15.3. The molecule has 124 valence electrons. The minimum Gasteiger partial charge on any atom is -0.349 e. The molecule has 1 N–H and O–H groups in total. The van der Waals surface area contributed by atoms with Crippen LogP contribution in [0, 0.1) is 11.7 Å². The molecule has 1 heterocycles. The third kappa shape index (κ3) is 3.45. The first-order valence-electron chi connectivity index (χ1n) is 7.96. The summed E-state index contributed by atoms with van der Waals surface area (Å²) in [6.07, 6.45) is 0.171. The topological polar surface area (TPSA) is 49.4 Å². The van der Waals surface area contributed by atoms with Crippen LogP contribution in [-0.2, 0) is 9.59 Å². The monoisotopic (exact) mass is 326 g/mol. The van der Waals surface area contributed by atoms with Crippen molar-refractivity contribution in [2.24, 2.45) is 5.92 Å². The number of anilines is 1. The van der Waals surface area contributed by atoms with Crippen LogP contribution >= 0.6 is 0 Å². The van der Waals surface area contributed by atoms with E-state index in [0.29, 0.717) is 12.2 Å². The lowest BCUT2D eigenvalue weighted by Crippen LogP contribution is -2.34. The van der Waals surface area contributed by atoms with Crippen molar-refractivity contribution in [1.82, 2.24) is 5.32 Å². The highest BCUT2D eigenvalue weighted by molar-refractivity contribution is 6.00. The third-order valence-electron chi connectivity index (χ3n) is 4.29. The van der Waals surface area contributed by atoms with Crippen molar-refractivity contribution < 1.29 is 14.0 Å². The van der Waals surface area contributed by atoms with Crippen LogP contribution in [-0.4, -0.2) is 18.4 Å². The van der Waals surface area contributed by atoms with Gasteiger partial charge in [0.15, 0.2) is 0 Å². The third-order valence-corrected chi connectivity index (χ3v) is 4.29. The van der Waals surface area contributed by atoms with E-state index in [-0.39, 0.29) is 30.1 Å². The van der Waals surface area contributed by atoms with Gasteiger partial charge in [0.05, 0.1) is 12.0 Å². The van der Waals surface area contributed by atoms with Crippen molar-refractivity contribution >= 4 is 17.5 Å². The molecule has 0 unspecified atom stereocenters. The Morgan fingerprint density at radius 1 is 1.17 bits per heavy atom. The molecule has 2 atom stereocenters. The average Bonchev–Trinajstić information content (AvgIpc) is 2.98. The number of nitrogens with zero attached hydrogens (tertiary/aromatic N) is 1. The standard InChI is InChI=1S/C19H19FN2O2/c1-13(14-5-3-2-4-6-14)21-19(24)15-11-18(23)22(12-15)17-9-7-16(20)8-10-17/h2-10,13,15H,11-12H2,1H3,(H,21,24)/t13-,15-/m1/s1. The van der Waals surface area contributed by atoms with Crippen molar-refractivity contribution in [3.63, 3.8) is 0 Å². The van der Waals surface area contributed by atoms with Crippen LogP contribution in [0.1, 0.15) is 24.9 Å². The molecule has 2 amide bonds. The van der Waals surface area contributed by atoms with Gasteiger partial charge in [0, 0.05) is 18.7 Å².